The molecule has 4 aromatic rings. The van der Waals surface area contributed by atoms with E-state index in [0.29, 0.717) is 47.7 Å². The minimum Gasteiger partial charge on any atom is -0.497 e. The van der Waals surface area contributed by atoms with Gasteiger partial charge in [-0.3, -0.25) is 9.59 Å². The lowest BCUT2D eigenvalue weighted by Gasteiger charge is -2.21. The third-order valence-electron chi connectivity index (χ3n) is 6.10. The van der Waals surface area contributed by atoms with Crippen molar-refractivity contribution in [2.24, 2.45) is 0 Å². The molecule has 172 valence electrons. The second-order valence-corrected chi connectivity index (χ2v) is 8.24. The Morgan fingerprint density at radius 1 is 0.971 bits per heavy atom. The van der Waals surface area contributed by atoms with E-state index in [0.717, 1.165) is 23.3 Å². The average Bonchev–Trinajstić information content (AvgIpc) is 2.89. The summed E-state index contributed by atoms with van der Waals surface area (Å²) in [5.41, 5.74) is 3.07. The molecule has 6 heteroatoms. The van der Waals surface area contributed by atoms with Gasteiger partial charge in [0.2, 0.25) is 5.43 Å². The van der Waals surface area contributed by atoms with E-state index < -0.39 is 0 Å². The number of nitrogens with zero attached hydrogens (tertiary/aromatic N) is 1. The third kappa shape index (κ3) is 4.03. The van der Waals surface area contributed by atoms with Gasteiger partial charge in [0.05, 0.1) is 23.6 Å². The maximum absolute atomic E-state index is 13.5. The van der Waals surface area contributed by atoms with Crippen molar-refractivity contribution in [3.8, 4) is 17.2 Å². The van der Waals surface area contributed by atoms with Crippen LogP contribution in [-0.2, 0) is 13.0 Å². The van der Waals surface area contributed by atoms with Gasteiger partial charge >= 0.3 is 0 Å². The SMILES string of the molecule is CCc1ccc(C(=O)c2cn(Cc3cccc(OC)c3)c3cc4c(cc3c2=O)OCCO4)cc1. The molecule has 0 bridgehead atoms. The summed E-state index contributed by atoms with van der Waals surface area (Å²) in [6, 6.07) is 18.6. The number of methoxy groups -OCH3 is 1. The normalized spacial score (nSPS) is 12.5. The molecule has 0 aliphatic carbocycles. The van der Waals surface area contributed by atoms with Crippen LogP contribution in [-0.4, -0.2) is 30.7 Å². The zero-order chi connectivity index (χ0) is 23.7. The van der Waals surface area contributed by atoms with Crippen LogP contribution in [0.2, 0.25) is 0 Å². The van der Waals surface area contributed by atoms with Crippen LogP contribution in [0.4, 0.5) is 0 Å². The quantitative estimate of drug-likeness (QED) is 0.397. The van der Waals surface area contributed by atoms with E-state index in [9.17, 15) is 9.59 Å². The average molecular weight is 456 g/mol. The molecule has 0 saturated heterocycles. The Hall–Kier alpha value is -4.06. The maximum Gasteiger partial charge on any atom is 0.200 e. The monoisotopic (exact) mass is 455 g/mol. The molecule has 2 heterocycles. The first-order valence-corrected chi connectivity index (χ1v) is 11.3. The molecule has 0 fully saturated rings. The van der Waals surface area contributed by atoms with Crippen LogP contribution in [0.25, 0.3) is 10.9 Å². The largest absolute Gasteiger partial charge is 0.497 e. The van der Waals surface area contributed by atoms with E-state index in [1.807, 2.05) is 47.0 Å². The Morgan fingerprint density at radius 2 is 1.71 bits per heavy atom. The smallest absolute Gasteiger partial charge is 0.200 e. The zero-order valence-corrected chi connectivity index (χ0v) is 19.2. The number of carbonyl (C=O) groups is 1. The van der Waals surface area contributed by atoms with Crippen LogP contribution in [0.15, 0.2) is 71.7 Å². The van der Waals surface area contributed by atoms with Gasteiger partial charge in [0.15, 0.2) is 17.3 Å². The summed E-state index contributed by atoms with van der Waals surface area (Å²) in [7, 11) is 1.62. The molecule has 0 radical (unpaired) electrons. The summed E-state index contributed by atoms with van der Waals surface area (Å²) in [4.78, 5) is 26.9. The second-order valence-electron chi connectivity index (χ2n) is 8.24. The van der Waals surface area contributed by atoms with E-state index in [4.69, 9.17) is 14.2 Å². The van der Waals surface area contributed by atoms with Crippen molar-refractivity contribution in [1.82, 2.24) is 4.57 Å². The number of benzene rings is 3. The standard InChI is InChI=1S/C28H25NO5/c1-3-18-7-9-20(10-8-18)27(30)23-17-29(16-19-5-4-6-21(13-19)32-2)24-15-26-25(33-11-12-34-26)14-22(24)28(23)31/h4-10,13-15,17H,3,11-12,16H2,1-2H3. The number of aryl methyl sites for hydroxylation is 1. The van der Waals surface area contributed by atoms with Gasteiger partial charge in [-0.05, 0) is 35.7 Å². The number of aromatic nitrogens is 1. The number of hydrogen-bond acceptors (Lipinski definition) is 5. The van der Waals surface area contributed by atoms with Gasteiger partial charge < -0.3 is 18.8 Å². The summed E-state index contributed by atoms with van der Waals surface area (Å²) in [5, 5.41) is 0.420. The van der Waals surface area contributed by atoms with E-state index >= 15 is 0 Å². The van der Waals surface area contributed by atoms with Crippen LogP contribution < -0.4 is 19.6 Å². The zero-order valence-electron chi connectivity index (χ0n) is 19.2. The van der Waals surface area contributed by atoms with Crippen LogP contribution in [0, 0.1) is 0 Å². The Morgan fingerprint density at radius 3 is 2.41 bits per heavy atom. The number of rotatable bonds is 6. The number of fused-ring (bicyclic) bond motifs is 2. The highest BCUT2D eigenvalue weighted by Crippen LogP contribution is 2.34. The molecule has 0 saturated carbocycles. The van der Waals surface area contributed by atoms with E-state index in [-0.39, 0.29) is 16.8 Å². The molecule has 0 N–H and O–H groups in total. The lowest BCUT2D eigenvalue weighted by Crippen LogP contribution is -2.21. The molecule has 0 atom stereocenters. The van der Waals surface area contributed by atoms with Gasteiger partial charge in [0.1, 0.15) is 19.0 Å². The molecule has 3 aromatic carbocycles. The van der Waals surface area contributed by atoms with Gasteiger partial charge in [0.25, 0.3) is 0 Å². The van der Waals surface area contributed by atoms with E-state index in [1.165, 1.54) is 0 Å². The van der Waals surface area contributed by atoms with Crippen molar-refractivity contribution in [2.75, 3.05) is 20.3 Å². The number of carbonyl (C=O) groups excluding carboxylic acids is 1. The first-order chi connectivity index (χ1) is 16.6. The van der Waals surface area contributed by atoms with Gasteiger partial charge in [-0.25, -0.2) is 0 Å². The molecule has 1 aliphatic heterocycles. The maximum atomic E-state index is 13.5. The highest BCUT2D eigenvalue weighted by Gasteiger charge is 2.21. The van der Waals surface area contributed by atoms with Gasteiger partial charge in [-0.2, -0.15) is 0 Å². The van der Waals surface area contributed by atoms with Crippen LogP contribution in [0.5, 0.6) is 17.2 Å². The van der Waals surface area contributed by atoms with Crippen molar-refractivity contribution in [1.29, 1.82) is 0 Å². The predicted molar refractivity (Wildman–Crippen MR) is 131 cm³/mol. The number of pyridine rings is 1. The highest BCUT2D eigenvalue weighted by molar-refractivity contribution is 6.10. The molecule has 34 heavy (non-hydrogen) atoms. The number of ether oxygens (including phenoxy) is 3. The molecule has 0 spiro atoms. The lowest BCUT2D eigenvalue weighted by molar-refractivity contribution is 0.103. The Bertz CT molecular complexity index is 1440. The lowest BCUT2D eigenvalue weighted by atomic mass is 10.00. The van der Waals surface area contributed by atoms with Gasteiger partial charge in [-0.15, -0.1) is 0 Å². The minimum atomic E-state index is -0.321. The molecule has 1 aliphatic rings. The first-order valence-electron chi connectivity index (χ1n) is 11.3. The Kier molecular flexibility index (Phi) is 5.80. The second kappa shape index (κ2) is 9.06. The van der Waals surface area contributed by atoms with Crippen LogP contribution in [0.1, 0.15) is 34.0 Å². The minimum absolute atomic E-state index is 0.122. The molecular weight excluding hydrogens is 430 g/mol. The fourth-order valence-corrected chi connectivity index (χ4v) is 4.23. The fraction of sp³-hybridized carbons (Fsp3) is 0.214. The van der Waals surface area contributed by atoms with Crippen molar-refractivity contribution < 1.29 is 19.0 Å². The van der Waals surface area contributed by atoms with E-state index in [1.54, 1.807) is 31.5 Å². The van der Waals surface area contributed by atoms with Crippen molar-refractivity contribution in [3.63, 3.8) is 0 Å². The summed E-state index contributed by atoms with van der Waals surface area (Å²) in [6.45, 7) is 3.37. The molecule has 5 rings (SSSR count). The van der Waals surface area contributed by atoms with E-state index in [2.05, 4.69) is 6.92 Å². The van der Waals surface area contributed by atoms with Crippen LogP contribution in [0.3, 0.4) is 0 Å². The topological polar surface area (TPSA) is 66.8 Å². The van der Waals surface area contributed by atoms with Crippen LogP contribution >= 0.6 is 0 Å². The summed E-state index contributed by atoms with van der Waals surface area (Å²) >= 11 is 0. The third-order valence-corrected chi connectivity index (χ3v) is 6.10. The highest BCUT2D eigenvalue weighted by atomic mass is 16.6. The molecule has 1 aromatic heterocycles. The van der Waals surface area contributed by atoms with Crippen molar-refractivity contribution in [2.45, 2.75) is 19.9 Å². The first kappa shape index (κ1) is 21.8. The van der Waals surface area contributed by atoms with Gasteiger partial charge in [0, 0.05) is 24.4 Å². The number of hydrogen-bond donors (Lipinski definition) is 0. The fourth-order valence-electron chi connectivity index (χ4n) is 4.23. The summed E-state index contributed by atoms with van der Waals surface area (Å²) < 4.78 is 18.7. The van der Waals surface area contributed by atoms with Crippen molar-refractivity contribution in [3.05, 3.63) is 99.3 Å². The number of ketones is 1. The molecule has 0 amide bonds. The molecule has 0 unspecified atom stereocenters. The molecular formula is C28H25NO5. The van der Waals surface area contributed by atoms with Crippen molar-refractivity contribution >= 4 is 16.7 Å². The Balaban J connectivity index is 1.68. The Labute approximate surface area is 197 Å². The predicted octanol–water partition coefficient (Wildman–Crippen LogP) is 4.62. The van der Waals surface area contributed by atoms with Gasteiger partial charge in [-0.1, -0.05) is 43.3 Å². The summed E-state index contributed by atoms with van der Waals surface area (Å²) in [5.74, 6) is 1.54. The summed E-state index contributed by atoms with van der Waals surface area (Å²) in [6.07, 6.45) is 2.53. The molecule has 6 nitrogen and oxygen atoms in total.